The lowest BCUT2D eigenvalue weighted by molar-refractivity contribution is 0.121. The molecule has 0 spiro atoms. The molecule has 2 rings (SSSR count). The summed E-state index contributed by atoms with van der Waals surface area (Å²) in [7, 11) is 2.04. The largest absolute Gasteiger partial charge is 0.390 e. The third-order valence-corrected chi connectivity index (χ3v) is 3.37. The third-order valence-electron chi connectivity index (χ3n) is 3.37. The van der Waals surface area contributed by atoms with Crippen LogP contribution < -0.4 is 5.32 Å². The first-order valence-electron chi connectivity index (χ1n) is 7.39. The van der Waals surface area contributed by atoms with Gasteiger partial charge in [-0.2, -0.15) is 0 Å². The molecule has 0 unspecified atom stereocenters. The van der Waals surface area contributed by atoms with Crippen LogP contribution in [0.4, 0.5) is 0 Å². The molecule has 0 saturated carbocycles. The molecule has 0 radical (unpaired) electrons. The van der Waals surface area contributed by atoms with E-state index in [1.54, 1.807) is 0 Å². The van der Waals surface area contributed by atoms with Gasteiger partial charge in [-0.15, -0.1) is 0 Å². The molecular weight excluding hydrogens is 260 g/mol. The number of hydrogen-bond acceptors (Lipinski definition) is 3. The van der Waals surface area contributed by atoms with Crippen LogP contribution in [0.1, 0.15) is 11.1 Å². The number of rotatable bonds is 8. The zero-order valence-electron chi connectivity index (χ0n) is 12.6. The third kappa shape index (κ3) is 6.08. The first kappa shape index (κ1) is 15.7. The first-order chi connectivity index (χ1) is 10.2. The highest BCUT2D eigenvalue weighted by Gasteiger charge is 2.08. The van der Waals surface area contributed by atoms with Crippen molar-refractivity contribution in [2.24, 2.45) is 0 Å². The average molecular weight is 284 g/mol. The molecular formula is C18H24N2O. The van der Waals surface area contributed by atoms with E-state index in [-0.39, 0.29) is 6.10 Å². The molecule has 112 valence electrons. The van der Waals surface area contributed by atoms with E-state index in [4.69, 9.17) is 0 Å². The molecule has 0 aromatic heterocycles. The smallest absolute Gasteiger partial charge is 0.0791 e. The summed E-state index contributed by atoms with van der Waals surface area (Å²) in [5, 5.41) is 13.4. The Morgan fingerprint density at radius 2 is 1.52 bits per heavy atom. The number of likely N-dealkylation sites (N-methyl/N-ethyl adjacent to an activating group) is 1. The van der Waals surface area contributed by atoms with E-state index in [0.717, 1.165) is 13.1 Å². The molecule has 0 aliphatic heterocycles. The van der Waals surface area contributed by atoms with Crippen LogP contribution in [-0.2, 0) is 13.1 Å². The molecule has 0 amide bonds. The van der Waals surface area contributed by atoms with Crippen molar-refractivity contribution in [3.05, 3.63) is 71.8 Å². The highest BCUT2D eigenvalue weighted by molar-refractivity contribution is 5.15. The molecule has 2 N–H and O–H groups in total. The van der Waals surface area contributed by atoms with Gasteiger partial charge in [0.15, 0.2) is 0 Å². The molecule has 0 fully saturated rings. The Morgan fingerprint density at radius 1 is 0.952 bits per heavy atom. The molecule has 0 aliphatic rings. The van der Waals surface area contributed by atoms with E-state index in [0.29, 0.717) is 13.1 Å². The number of aliphatic hydroxyl groups is 1. The van der Waals surface area contributed by atoms with Crippen LogP contribution in [0.5, 0.6) is 0 Å². The monoisotopic (exact) mass is 284 g/mol. The molecule has 21 heavy (non-hydrogen) atoms. The van der Waals surface area contributed by atoms with Gasteiger partial charge in [-0.25, -0.2) is 0 Å². The maximum Gasteiger partial charge on any atom is 0.0791 e. The van der Waals surface area contributed by atoms with Gasteiger partial charge in [0, 0.05) is 26.2 Å². The molecule has 2 aromatic rings. The second-order valence-corrected chi connectivity index (χ2v) is 5.45. The molecule has 3 nitrogen and oxygen atoms in total. The highest BCUT2D eigenvalue weighted by Crippen LogP contribution is 2.03. The standard InChI is InChI=1S/C18H24N2O/c1-20(14-17-10-6-3-7-11-17)15-18(21)13-19-12-16-8-4-2-5-9-16/h2-11,18-19,21H,12-15H2,1H3/t18-/m1/s1. The Hall–Kier alpha value is -1.68. The van der Waals surface area contributed by atoms with Gasteiger partial charge in [0.25, 0.3) is 0 Å². The van der Waals surface area contributed by atoms with Crippen molar-refractivity contribution in [1.29, 1.82) is 0 Å². The fourth-order valence-electron chi connectivity index (χ4n) is 2.36. The Morgan fingerprint density at radius 3 is 2.14 bits per heavy atom. The summed E-state index contributed by atoms with van der Waals surface area (Å²) >= 11 is 0. The zero-order valence-corrected chi connectivity index (χ0v) is 12.6. The molecule has 3 heteroatoms. The lowest BCUT2D eigenvalue weighted by Gasteiger charge is -2.21. The van der Waals surface area contributed by atoms with E-state index >= 15 is 0 Å². The second-order valence-electron chi connectivity index (χ2n) is 5.45. The summed E-state index contributed by atoms with van der Waals surface area (Å²) in [5.41, 5.74) is 2.51. The predicted octanol–water partition coefficient (Wildman–Crippen LogP) is 2.27. The number of hydrogen-bond donors (Lipinski definition) is 2. The molecule has 0 saturated heterocycles. The zero-order chi connectivity index (χ0) is 14.9. The van der Waals surface area contributed by atoms with E-state index in [1.807, 2.05) is 43.4 Å². The van der Waals surface area contributed by atoms with Crippen molar-refractivity contribution >= 4 is 0 Å². The van der Waals surface area contributed by atoms with Crippen LogP contribution in [0.25, 0.3) is 0 Å². The summed E-state index contributed by atoms with van der Waals surface area (Å²) in [4.78, 5) is 2.14. The summed E-state index contributed by atoms with van der Waals surface area (Å²) < 4.78 is 0. The van der Waals surface area contributed by atoms with E-state index in [2.05, 4.69) is 34.5 Å². The predicted molar refractivity (Wildman–Crippen MR) is 86.9 cm³/mol. The second kappa shape index (κ2) is 8.57. The summed E-state index contributed by atoms with van der Waals surface area (Å²) in [6.07, 6.45) is -0.359. The number of benzene rings is 2. The van der Waals surface area contributed by atoms with Crippen LogP contribution in [0.2, 0.25) is 0 Å². The maximum atomic E-state index is 10.1. The lowest BCUT2D eigenvalue weighted by Crippen LogP contribution is -2.36. The quantitative estimate of drug-likeness (QED) is 0.780. The van der Waals surface area contributed by atoms with Crippen LogP contribution in [0, 0.1) is 0 Å². The van der Waals surface area contributed by atoms with Gasteiger partial charge >= 0.3 is 0 Å². The maximum absolute atomic E-state index is 10.1. The van der Waals surface area contributed by atoms with E-state index in [9.17, 15) is 5.11 Å². The van der Waals surface area contributed by atoms with Crippen LogP contribution in [0.15, 0.2) is 60.7 Å². The van der Waals surface area contributed by atoms with Gasteiger partial charge in [-0.1, -0.05) is 60.7 Å². The van der Waals surface area contributed by atoms with Crippen LogP contribution in [-0.4, -0.2) is 36.2 Å². The summed E-state index contributed by atoms with van der Waals surface area (Å²) in [5.74, 6) is 0. The van der Waals surface area contributed by atoms with Crippen LogP contribution >= 0.6 is 0 Å². The Bertz CT molecular complexity index is 501. The minimum atomic E-state index is -0.359. The topological polar surface area (TPSA) is 35.5 Å². The SMILES string of the molecule is CN(Cc1ccccc1)C[C@H](O)CNCc1ccccc1. The number of nitrogens with one attached hydrogen (secondary N) is 1. The molecule has 0 heterocycles. The van der Waals surface area contributed by atoms with Gasteiger partial charge in [0.05, 0.1) is 6.10 Å². The van der Waals surface area contributed by atoms with Crippen LogP contribution in [0.3, 0.4) is 0 Å². The minimum Gasteiger partial charge on any atom is -0.390 e. The van der Waals surface area contributed by atoms with Crippen molar-refractivity contribution in [1.82, 2.24) is 10.2 Å². The number of aliphatic hydroxyl groups excluding tert-OH is 1. The van der Waals surface area contributed by atoms with E-state index < -0.39 is 0 Å². The Kier molecular flexibility index (Phi) is 6.41. The van der Waals surface area contributed by atoms with Gasteiger partial charge in [-0.3, -0.25) is 4.90 Å². The fraction of sp³-hybridized carbons (Fsp3) is 0.333. The normalized spacial score (nSPS) is 12.5. The first-order valence-corrected chi connectivity index (χ1v) is 7.39. The molecule has 1 atom stereocenters. The van der Waals surface area contributed by atoms with Crippen molar-refractivity contribution in [2.45, 2.75) is 19.2 Å². The number of nitrogens with zero attached hydrogens (tertiary/aromatic N) is 1. The molecule has 0 bridgehead atoms. The Labute approximate surface area is 127 Å². The summed E-state index contributed by atoms with van der Waals surface area (Å²) in [6.45, 7) is 2.92. The Balaban J connectivity index is 1.66. The fourth-order valence-corrected chi connectivity index (χ4v) is 2.36. The highest BCUT2D eigenvalue weighted by atomic mass is 16.3. The van der Waals surface area contributed by atoms with Gasteiger partial charge in [0.1, 0.15) is 0 Å². The van der Waals surface area contributed by atoms with Gasteiger partial charge in [0.2, 0.25) is 0 Å². The lowest BCUT2D eigenvalue weighted by atomic mass is 10.2. The molecule has 0 aliphatic carbocycles. The van der Waals surface area contributed by atoms with E-state index in [1.165, 1.54) is 11.1 Å². The molecule has 2 aromatic carbocycles. The average Bonchev–Trinajstić information content (AvgIpc) is 2.49. The minimum absolute atomic E-state index is 0.359. The van der Waals surface area contributed by atoms with Crippen molar-refractivity contribution in [3.8, 4) is 0 Å². The summed E-state index contributed by atoms with van der Waals surface area (Å²) in [6, 6.07) is 20.6. The van der Waals surface area contributed by atoms with Gasteiger partial charge in [-0.05, 0) is 18.2 Å². The van der Waals surface area contributed by atoms with Crippen molar-refractivity contribution in [3.63, 3.8) is 0 Å². The van der Waals surface area contributed by atoms with Crippen molar-refractivity contribution < 1.29 is 5.11 Å². The van der Waals surface area contributed by atoms with Crippen molar-refractivity contribution in [2.75, 3.05) is 20.1 Å². The van der Waals surface area contributed by atoms with Gasteiger partial charge < -0.3 is 10.4 Å².